The summed E-state index contributed by atoms with van der Waals surface area (Å²) in [4.78, 5) is 19.2. The fourth-order valence-electron chi connectivity index (χ4n) is 6.68. The van der Waals surface area contributed by atoms with E-state index in [1.807, 2.05) is 49.4 Å². The number of carbonyl (C=O) groups excluding carboxylic acids is 1. The number of carbonyl (C=O) groups is 1. The molecule has 0 unspecified atom stereocenters. The Hall–Kier alpha value is -4.32. The van der Waals surface area contributed by atoms with Gasteiger partial charge in [0, 0.05) is 77.4 Å². The van der Waals surface area contributed by atoms with Crippen LogP contribution in [0.15, 0.2) is 131 Å². The number of halogens is 1. The minimum Gasteiger partial charge on any atom is -0.381 e. The second-order valence-corrected chi connectivity index (χ2v) is 17.5. The third-order valence-electron chi connectivity index (χ3n) is 9.77. The molecule has 55 heavy (non-hydrogen) atoms. The van der Waals surface area contributed by atoms with E-state index in [1.54, 1.807) is 42.1 Å². The minimum atomic E-state index is -4.09. The van der Waals surface area contributed by atoms with Crippen molar-refractivity contribution in [2.75, 3.05) is 48.7 Å². The van der Waals surface area contributed by atoms with Crippen LogP contribution in [-0.2, 0) is 16.6 Å². The van der Waals surface area contributed by atoms with Gasteiger partial charge in [-0.2, -0.15) is 0 Å². The fraction of sp³-hybridized carbons (Fsp3) is 0.295. The molecule has 0 aliphatic carbocycles. The highest BCUT2D eigenvalue weighted by molar-refractivity contribution is 7.99. The van der Waals surface area contributed by atoms with E-state index in [0.29, 0.717) is 6.04 Å². The predicted molar refractivity (Wildman–Crippen MR) is 229 cm³/mol. The lowest BCUT2D eigenvalue weighted by molar-refractivity contribution is 0.0981. The maximum absolute atomic E-state index is 13.4. The molecule has 0 saturated carbocycles. The quantitative estimate of drug-likeness (QED) is 0.0855. The van der Waals surface area contributed by atoms with Gasteiger partial charge in [0.1, 0.15) is 0 Å². The van der Waals surface area contributed by atoms with Crippen molar-refractivity contribution in [2.45, 2.75) is 55.6 Å². The van der Waals surface area contributed by atoms with Gasteiger partial charge in [0.15, 0.2) is 0 Å². The predicted octanol–water partition coefficient (Wildman–Crippen LogP) is 8.72. The van der Waals surface area contributed by atoms with Crippen LogP contribution in [0.3, 0.4) is 0 Å². The highest BCUT2D eigenvalue weighted by Crippen LogP contribution is 2.28. The van der Waals surface area contributed by atoms with E-state index in [9.17, 15) is 13.2 Å². The second kappa shape index (κ2) is 19.0. The van der Waals surface area contributed by atoms with Gasteiger partial charge in [-0.1, -0.05) is 80.0 Å². The van der Waals surface area contributed by atoms with Gasteiger partial charge in [0.25, 0.3) is 15.9 Å². The largest absolute Gasteiger partial charge is 0.381 e. The van der Waals surface area contributed by atoms with Crippen molar-refractivity contribution in [3.63, 3.8) is 0 Å². The van der Waals surface area contributed by atoms with Crippen molar-refractivity contribution in [2.24, 2.45) is 0 Å². The molecule has 5 aromatic rings. The smallest absolute Gasteiger partial charge is 0.264 e. The first-order valence-electron chi connectivity index (χ1n) is 18.8. The number of rotatable bonds is 16. The molecule has 1 aliphatic rings. The molecule has 1 heterocycles. The highest BCUT2D eigenvalue weighted by Gasteiger charge is 2.22. The lowest BCUT2D eigenvalue weighted by Gasteiger charge is -2.36. The summed E-state index contributed by atoms with van der Waals surface area (Å²) in [6.07, 6.45) is 0.906. The molecule has 1 saturated heterocycles. The third-order valence-corrected chi connectivity index (χ3v) is 12.5. The van der Waals surface area contributed by atoms with Gasteiger partial charge in [-0.3, -0.25) is 9.69 Å². The van der Waals surface area contributed by atoms with Crippen LogP contribution in [0.25, 0.3) is 11.1 Å². The Morgan fingerprint density at radius 3 is 2.22 bits per heavy atom. The molecule has 0 radical (unpaired) electrons. The number of benzene rings is 5. The summed E-state index contributed by atoms with van der Waals surface area (Å²) in [5, 5.41) is 7.86. The Bertz CT molecular complexity index is 2120. The van der Waals surface area contributed by atoms with E-state index in [-0.39, 0.29) is 16.5 Å². The van der Waals surface area contributed by atoms with Gasteiger partial charge in [0.2, 0.25) is 0 Å². The first-order chi connectivity index (χ1) is 26.5. The highest BCUT2D eigenvalue weighted by atomic mass is 35.5. The first kappa shape index (κ1) is 40.3. The fourth-order valence-corrected chi connectivity index (χ4v) is 8.86. The molecule has 1 fully saturated rings. The van der Waals surface area contributed by atoms with E-state index in [1.165, 1.54) is 16.0 Å². The van der Waals surface area contributed by atoms with E-state index < -0.39 is 15.9 Å². The Balaban J connectivity index is 1.02. The van der Waals surface area contributed by atoms with Crippen LogP contribution in [0.1, 0.15) is 41.8 Å². The molecule has 1 aliphatic heterocycles. The molecular formula is C44H50ClN5O3S2. The molecule has 0 spiro atoms. The summed E-state index contributed by atoms with van der Waals surface area (Å²) in [6.45, 7) is 11.3. The SMILES string of the molecule is Cc1cc(S(=O)(=O)NC(=O)c2ccc(N3CCN(Cc4ccccc4-c4ccc(Cl)cc4)CC3)cc2)ccc1N[C@H](CCNC(C)C)CSc1ccccc1. The Labute approximate surface area is 335 Å². The van der Waals surface area contributed by atoms with Gasteiger partial charge >= 0.3 is 0 Å². The molecule has 6 rings (SSSR count). The number of sulfonamides is 1. The summed E-state index contributed by atoms with van der Waals surface area (Å²) >= 11 is 7.92. The van der Waals surface area contributed by atoms with Crippen LogP contribution in [0, 0.1) is 6.92 Å². The number of nitrogens with zero attached hydrogens (tertiary/aromatic N) is 2. The van der Waals surface area contributed by atoms with Gasteiger partial charge in [0.05, 0.1) is 4.90 Å². The number of anilines is 2. The summed E-state index contributed by atoms with van der Waals surface area (Å²) in [5.41, 5.74) is 6.59. The number of hydrogen-bond acceptors (Lipinski definition) is 8. The van der Waals surface area contributed by atoms with Gasteiger partial charge in [-0.15, -0.1) is 11.8 Å². The molecule has 0 bridgehead atoms. The number of thioether (sulfide) groups is 1. The Kier molecular flexibility index (Phi) is 14.0. The molecular weight excluding hydrogens is 746 g/mol. The zero-order chi connectivity index (χ0) is 38.8. The molecule has 11 heteroatoms. The number of hydrogen-bond donors (Lipinski definition) is 3. The van der Waals surface area contributed by atoms with Crippen molar-refractivity contribution >= 4 is 50.7 Å². The monoisotopic (exact) mass is 795 g/mol. The zero-order valence-corrected chi connectivity index (χ0v) is 34.1. The molecule has 8 nitrogen and oxygen atoms in total. The third kappa shape index (κ3) is 11.4. The molecule has 3 N–H and O–H groups in total. The molecule has 1 amide bonds. The van der Waals surface area contributed by atoms with Crippen molar-refractivity contribution in [1.29, 1.82) is 0 Å². The molecule has 5 aromatic carbocycles. The van der Waals surface area contributed by atoms with Crippen LogP contribution in [0.5, 0.6) is 0 Å². The van der Waals surface area contributed by atoms with E-state index in [0.717, 1.165) is 79.0 Å². The van der Waals surface area contributed by atoms with Crippen molar-refractivity contribution in [3.8, 4) is 11.1 Å². The van der Waals surface area contributed by atoms with Crippen LogP contribution in [-0.4, -0.2) is 69.8 Å². The van der Waals surface area contributed by atoms with E-state index >= 15 is 0 Å². The zero-order valence-electron chi connectivity index (χ0n) is 31.7. The summed E-state index contributed by atoms with van der Waals surface area (Å²) in [5.74, 6) is 0.195. The average molecular weight is 797 g/mol. The van der Waals surface area contributed by atoms with Crippen molar-refractivity contribution < 1.29 is 13.2 Å². The van der Waals surface area contributed by atoms with Crippen LogP contribution < -0.4 is 20.3 Å². The van der Waals surface area contributed by atoms with Crippen LogP contribution in [0.2, 0.25) is 5.02 Å². The maximum atomic E-state index is 13.4. The van der Waals surface area contributed by atoms with Gasteiger partial charge in [-0.05, 0) is 109 Å². The number of piperazine rings is 1. The van der Waals surface area contributed by atoms with E-state index in [4.69, 9.17) is 11.6 Å². The van der Waals surface area contributed by atoms with Crippen molar-refractivity contribution in [3.05, 3.63) is 143 Å². The lowest BCUT2D eigenvalue weighted by Crippen LogP contribution is -2.46. The summed E-state index contributed by atoms with van der Waals surface area (Å²) in [6, 6.07) is 39.4. The standard InChI is InChI=1S/C44H50ClN5O3S2/c1-32(2)46-24-23-38(31-54-40-10-5-4-6-11-40)47-43-22-21-41(29-33(43)3)55(52,53)48-44(51)35-15-19-39(20-16-35)50-27-25-49(26-28-50)30-36-9-7-8-12-42(36)34-13-17-37(45)18-14-34/h4-22,29,32,38,46-47H,23-28,30-31H2,1-3H3,(H,48,51)/t38-/m1/s1. The van der Waals surface area contributed by atoms with Gasteiger partial charge in [-0.25, -0.2) is 13.1 Å². The maximum Gasteiger partial charge on any atom is 0.264 e. The van der Waals surface area contributed by atoms with Crippen LogP contribution in [0.4, 0.5) is 11.4 Å². The topological polar surface area (TPSA) is 93.8 Å². The summed E-state index contributed by atoms with van der Waals surface area (Å²) in [7, 11) is -4.09. The second-order valence-electron chi connectivity index (χ2n) is 14.2. The Morgan fingerprint density at radius 1 is 0.836 bits per heavy atom. The summed E-state index contributed by atoms with van der Waals surface area (Å²) < 4.78 is 29.0. The number of nitrogens with one attached hydrogen (secondary N) is 3. The van der Waals surface area contributed by atoms with E-state index in [2.05, 4.69) is 87.5 Å². The lowest BCUT2D eigenvalue weighted by atomic mass is 9.99. The molecule has 1 atom stereocenters. The normalized spacial score (nSPS) is 14.2. The number of amides is 1. The van der Waals surface area contributed by atoms with Crippen molar-refractivity contribution in [1.82, 2.24) is 14.9 Å². The molecule has 288 valence electrons. The first-order valence-corrected chi connectivity index (χ1v) is 21.7. The Morgan fingerprint density at radius 2 is 1.53 bits per heavy atom. The number of aryl methyl sites for hydroxylation is 1. The van der Waals surface area contributed by atoms with Crippen LogP contribution >= 0.6 is 23.4 Å². The molecule has 0 aromatic heterocycles. The average Bonchev–Trinajstić information content (AvgIpc) is 3.18. The minimum absolute atomic E-state index is 0.0471. The van der Waals surface area contributed by atoms with Gasteiger partial charge < -0.3 is 15.5 Å².